The van der Waals surface area contributed by atoms with E-state index in [2.05, 4.69) is 25.7 Å². The second kappa shape index (κ2) is 7.39. The lowest BCUT2D eigenvalue weighted by Gasteiger charge is -2.41. The highest BCUT2D eigenvalue weighted by atomic mass is 32.2. The lowest BCUT2D eigenvalue weighted by molar-refractivity contribution is -0.0596. The van der Waals surface area contributed by atoms with E-state index in [4.69, 9.17) is 8.92 Å². The average molecular weight is 375 g/mol. The Labute approximate surface area is 155 Å². The van der Waals surface area contributed by atoms with Crippen LogP contribution in [0.2, 0.25) is 0 Å². The molecule has 0 aliphatic carbocycles. The molecule has 2 aromatic carbocycles. The third-order valence-corrected chi connectivity index (χ3v) is 5.77. The van der Waals surface area contributed by atoms with Crippen molar-refractivity contribution in [3.63, 3.8) is 0 Å². The highest BCUT2D eigenvalue weighted by Gasteiger charge is 2.29. The zero-order valence-electron chi connectivity index (χ0n) is 15.4. The molecule has 26 heavy (non-hydrogen) atoms. The molecule has 1 heterocycles. The smallest absolute Gasteiger partial charge is 0.339 e. The van der Waals surface area contributed by atoms with Gasteiger partial charge in [-0.05, 0) is 50.6 Å². The summed E-state index contributed by atoms with van der Waals surface area (Å²) in [5, 5.41) is 0. The van der Waals surface area contributed by atoms with Gasteiger partial charge in [-0.15, -0.1) is 0 Å². The van der Waals surface area contributed by atoms with Crippen LogP contribution in [0.1, 0.15) is 32.4 Å². The Morgan fingerprint density at radius 2 is 1.69 bits per heavy atom. The summed E-state index contributed by atoms with van der Waals surface area (Å²) in [5.41, 5.74) is 1.11. The Bertz CT molecular complexity index is 826. The first-order valence-electron chi connectivity index (χ1n) is 8.72. The van der Waals surface area contributed by atoms with Crippen molar-refractivity contribution < 1.29 is 17.3 Å². The maximum absolute atomic E-state index is 12.3. The van der Waals surface area contributed by atoms with Crippen LogP contribution in [-0.4, -0.2) is 38.6 Å². The maximum Gasteiger partial charge on any atom is 0.339 e. The third kappa shape index (κ3) is 4.44. The summed E-state index contributed by atoms with van der Waals surface area (Å²) in [6.07, 6.45) is -0.0252. The van der Waals surface area contributed by atoms with Gasteiger partial charge < -0.3 is 8.92 Å². The van der Waals surface area contributed by atoms with Crippen molar-refractivity contribution in [2.24, 2.45) is 0 Å². The minimum Gasteiger partial charge on any atom is -0.379 e. The van der Waals surface area contributed by atoms with Crippen LogP contribution >= 0.6 is 0 Å². The van der Waals surface area contributed by atoms with Gasteiger partial charge in [-0.3, -0.25) is 4.90 Å². The van der Waals surface area contributed by atoms with Crippen molar-refractivity contribution >= 4 is 10.1 Å². The molecule has 0 aromatic heterocycles. The Hall–Kier alpha value is -1.89. The molecule has 1 fully saturated rings. The lowest BCUT2D eigenvalue weighted by atomic mass is 10.0. The fourth-order valence-corrected chi connectivity index (χ4v) is 3.91. The molecular weight excluding hydrogens is 350 g/mol. The van der Waals surface area contributed by atoms with E-state index in [0.29, 0.717) is 12.4 Å². The zero-order chi connectivity index (χ0) is 18.8. The highest BCUT2D eigenvalue weighted by Crippen LogP contribution is 2.28. The van der Waals surface area contributed by atoms with E-state index in [1.807, 2.05) is 12.1 Å². The summed E-state index contributed by atoms with van der Waals surface area (Å²) >= 11 is 0. The number of hydrogen-bond donors (Lipinski definition) is 0. The molecule has 1 aliphatic heterocycles. The van der Waals surface area contributed by atoms with Crippen molar-refractivity contribution in [2.45, 2.75) is 37.3 Å². The van der Waals surface area contributed by atoms with Gasteiger partial charge in [0.05, 0.1) is 12.7 Å². The van der Waals surface area contributed by atoms with E-state index >= 15 is 0 Å². The SMILES string of the molecule is CC(C)(C)N1CCO[C@@H](c2ccc(OS(=O)(=O)c3ccccc3)cc2)C1. The third-order valence-electron chi connectivity index (χ3n) is 4.50. The van der Waals surface area contributed by atoms with Gasteiger partial charge in [0.2, 0.25) is 0 Å². The Morgan fingerprint density at radius 3 is 2.31 bits per heavy atom. The van der Waals surface area contributed by atoms with Crippen molar-refractivity contribution in [1.29, 1.82) is 0 Å². The zero-order valence-corrected chi connectivity index (χ0v) is 16.2. The summed E-state index contributed by atoms with van der Waals surface area (Å²) in [6.45, 7) is 8.99. The minimum atomic E-state index is -3.82. The van der Waals surface area contributed by atoms with Crippen LogP contribution in [0.3, 0.4) is 0 Å². The molecule has 6 heteroatoms. The number of morpholine rings is 1. The first-order valence-corrected chi connectivity index (χ1v) is 10.1. The van der Waals surface area contributed by atoms with Gasteiger partial charge in [-0.1, -0.05) is 30.3 Å². The lowest BCUT2D eigenvalue weighted by Crippen LogP contribution is -2.48. The van der Waals surface area contributed by atoms with Crippen LogP contribution in [0, 0.1) is 0 Å². The molecule has 3 rings (SSSR count). The predicted molar refractivity (Wildman–Crippen MR) is 101 cm³/mol. The standard InChI is InChI=1S/C20H25NO4S/c1-20(2,3)21-13-14-24-19(15-21)16-9-11-17(12-10-16)25-26(22,23)18-7-5-4-6-8-18/h4-12,19H,13-15H2,1-3H3/t19-/m1/s1. The Balaban J connectivity index is 1.71. The van der Waals surface area contributed by atoms with Gasteiger partial charge in [0.1, 0.15) is 10.6 Å². The number of rotatable bonds is 4. The second-order valence-corrected chi connectivity index (χ2v) is 8.94. The van der Waals surface area contributed by atoms with Gasteiger partial charge in [0.15, 0.2) is 0 Å². The van der Waals surface area contributed by atoms with Crippen molar-refractivity contribution in [1.82, 2.24) is 4.90 Å². The first-order chi connectivity index (χ1) is 12.3. The molecule has 0 unspecified atom stereocenters. The van der Waals surface area contributed by atoms with Crippen LogP contribution in [0.15, 0.2) is 59.5 Å². The molecule has 1 saturated heterocycles. The number of ether oxygens (including phenoxy) is 1. The number of nitrogens with zero attached hydrogens (tertiary/aromatic N) is 1. The minimum absolute atomic E-state index is 0.0252. The predicted octanol–water partition coefficient (Wildman–Crippen LogP) is 3.63. The molecule has 0 saturated carbocycles. The molecule has 0 radical (unpaired) electrons. The summed E-state index contributed by atoms with van der Waals surface area (Å²) < 4.78 is 35.7. The van der Waals surface area contributed by atoms with Crippen LogP contribution in [0.5, 0.6) is 5.75 Å². The largest absolute Gasteiger partial charge is 0.379 e. The Kier molecular flexibility index (Phi) is 5.37. The quantitative estimate of drug-likeness (QED) is 0.764. The molecule has 0 N–H and O–H groups in total. The highest BCUT2D eigenvalue weighted by molar-refractivity contribution is 7.87. The van der Waals surface area contributed by atoms with Crippen molar-refractivity contribution in [2.75, 3.05) is 19.7 Å². The van der Waals surface area contributed by atoms with E-state index < -0.39 is 10.1 Å². The van der Waals surface area contributed by atoms with E-state index in [-0.39, 0.29) is 16.5 Å². The summed E-state index contributed by atoms with van der Waals surface area (Å²) in [7, 11) is -3.82. The van der Waals surface area contributed by atoms with Crippen LogP contribution in [0.25, 0.3) is 0 Å². The van der Waals surface area contributed by atoms with Gasteiger partial charge in [-0.2, -0.15) is 8.42 Å². The molecule has 140 valence electrons. The van der Waals surface area contributed by atoms with Crippen molar-refractivity contribution in [3.05, 3.63) is 60.2 Å². The number of benzene rings is 2. The van der Waals surface area contributed by atoms with Gasteiger partial charge in [-0.25, -0.2) is 0 Å². The molecular formula is C20H25NO4S. The molecule has 0 bridgehead atoms. The van der Waals surface area contributed by atoms with Crippen molar-refractivity contribution in [3.8, 4) is 5.75 Å². The van der Waals surface area contributed by atoms with Gasteiger partial charge >= 0.3 is 10.1 Å². The van der Waals surface area contributed by atoms with Crippen LogP contribution in [-0.2, 0) is 14.9 Å². The molecule has 0 spiro atoms. The molecule has 5 nitrogen and oxygen atoms in total. The maximum atomic E-state index is 12.3. The molecule has 2 aromatic rings. The van der Waals surface area contributed by atoms with Gasteiger partial charge in [0.25, 0.3) is 0 Å². The summed E-state index contributed by atoms with van der Waals surface area (Å²) in [6, 6.07) is 15.2. The fourth-order valence-electron chi connectivity index (χ4n) is 2.96. The number of hydrogen-bond acceptors (Lipinski definition) is 5. The van der Waals surface area contributed by atoms with Crippen LogP contribution in [0.4, 0.5) is 0 Å². The van der Waals surface area contributed by atoms with E-state index in [0.717, 1.165) is 18.7 Å². The van der Waals surface area contributed by atoms with Crippen LogP contribution < -0.4 is 4.18 Å². The topological polar surface area (TPSA) is 55.8 Å². The molecule has 0 amide bonds. The Morgan fingerprint density at radius 1 is 1.04 bits per heavy atom. The first kappa shape index (κ1) is 18.9. The molecule has 1 aliphatic rings. The summed E-state index contributed by atoms with van der Waals surface area (Å²) in [4.78, 5) is 2.53. The van der Waals surface area contributed by atoms with E-state index in [9.17, 15) is 8.42 Å². The fraction of sp³-hybridized carbons (Fsp3) is 0.400. The van der Waals surface area contributed by atoms with E-state index in [1.54, 1.807) is 30.3 Å². The van der Waals surface area contributed by atoms with Gasteiger partial charge in [0, 0.05) is 18.6 Å². The second-order valence-electron chi connectivity index (χ2n) is 7.40. The average Bonchev–Trinajstić information content (AvgIpc) is 2.62. The normalized spacial score (nSPS) is 19.3. The molecule has 1 atom stereocenters. The summed E-state index contributed by atoms with van der Waals surface area (Å²) in [5.74, 6) is 0.293. The van der Waals surface area contributed by atoms with E-state index in [1.165, 1.54) is 12.1 Å². The monoisotopic (exact) mass is 375 g/mol.